The van der Waals surface area contributed by atoms with E-state index in [0.29, 0.717) is 33.8 Å². The van der Waals surface area contributed by atoms with Crippen LogP contribution in [0.5, 0.6) is 11.5 Å². The van der Waals surface area contributed by atoms with Crippen molar-refractivity contribution in [2.75, 3.05) is 18.8 Å². The summed E-state index contributed by atoms with van der Waals surface area (Å²) in [7, 11) is 0. The summed E-state index contributed by atoms with van der Waals surface area (Å²) in [5.41, 5.74) is 8.06. The van der Waals surface area contributed by atoms with Crippen LogP contribution < -0.4 is 15.8 Å². The third-order valence-electron chi connectivity index (χ3n) is 5.51. The van der Waals surface area contributed by atoms with Gasteiger partial charge in [0.25, 0.3) is 0 Å². The predicted molar refractivity (Wildman–Crippen MR) is 115 cm³/mol. The fourth-order valence-electron chi connectivity index (χ4n) is 4.06. The molecule has 1 unspecified atom stereocenters. The molecule has 0 saturated carbocycles. The Kier molecular flexibility index (Phi) is 4.80. The van der Waals surface area contributed by atoms with E-state index in [0.717, 1.165) is 31.6 Å². The summed E-state index contributed by atoms with van der Waals surface area (Å²) in [6.45, 7) is 1.86. The summed E-state index contributed by atoms with van der Waals surface area (Å²) < 4.78 is 23.0. The number of nitrogen functional groups attached to an aromatic ring is 1. The van der Waals surface area contributed by atoms with Gasteiger partial charge in [-0.15, -0.1) is 0 Å². The topological polar surface area (TPSA) is 78.0 Å². The normalized spacial score (nSPS) is 16.6. The average molecular weight is 403 g/mol. The van der Waals surface area contributed by atoms with E-state index >= 15 is 4.39 Å². The third-order valence-corrected chi connectivity index (χ3v) is 5.51. The van der Waals surface area contributed by atoms with Crippen molar-refractivity contribution in [1.29, 1.82) is 0 Å². The molecular weight excluding hydrogens is 381 g/mol. The molecule has 0 radical (unpaired) electrons. The molecule has 6 nitrogen and oxygen atoms in total. The number of para-hydroxylation sites is 1. The van der Waals surface area contributed by atoms with E-state index in [1.165, 1.54) is 12.4 Å². The lowest BCUT2D eigenvalue weighted by atomic mass is 10.1. The second kappa shape index (κ2) is 7.76. The van der Waals surface area contributed by atoms with E-state index in [2.05, 4.69) is 19.9 Å². The molecule has 7 heteroatoms. The molecular formula is C23H22FN5O. The molecule has 0 amide bonds. The van der Waals surface area contributed by atoms with E-state index in [1.807, 2.05) is 36.5 Å². The van der Waals surface area contributed by atoms with Crippen LogP contribution in [0.4, 0.5) is 10.2 Å². The number of piperidine rings is 1. The molecule has 4 aromatic rings. The van der Waals surface area contributed by atoms with Crippen molar-refractivity contribution in [2.45, 2.75) is 18.9 Å². The highest BCUT2D eigenvalue weighted by Crippen LogP contribution is 2.37. The zero-order valence-corrected chi connectivity index (χ0v) is 16.4. The standard InChI is InChI=1S/C23H22FN5O/c24-20-11-17(30-16-6-2-1-3-7-16)8-9-18(20)19-13-29(15-5-4-10-26-12-15)23-21(19)22(25)27-14-28-23/h1-3,6-9,11,13-15,26H,4-5,10,12H2,(H2,25,27,28). The van der Waals surface area contributed by atoms with Crippen LogP contribution >= 0.6 is 0 Å². The minimum Gasteiger partial charge on any atom is -0.457 e. The second-order valence-electron chi connectivity index (χ2n) is 7.46. The number of nitrogens with zero attached hydrogens (tertiary/aromatic N) is 3. The number of aromatic nitrogens is 3. The summed E-state index contributed by atoms with van der Waals surface area (Å²) in [4.78, 5) is 8.61. The van der Waals surface area contributed by atoms with Gasteiger partial charge in [-0.25, -0.2) is 14.4 Å². The molecule has 0 bridgehead atoms. The van der Waals surface area contributed by atoms with Crippen molar-refractivity contribution in [3.63, 3.8) is 0 Å². The molecule has 2 aromatic carbocycles. The average Bonchev–Trinajstić information content (AvgIpc) is 3.16. The molecule has 30 heavy (non-hydrogen) atoms. The van der Waals surface area contributed by atoms with E-state index in [9.17, 15) is 0 Å². The zero-order valence-electron chi connectivity index (χ0n) is 16.4. The summed E-state index contributed by atoms with van der Waals surface area (Å²) in [6, 6.07) is 14.4. The third kappa shape index (κ3) is 3.37. The van der Waals surface area contributed by atoms with Gasteiger partial charge in [0.15, 0.2) is 0 Å². The van der Waals surface area contributed by atoms with Crippen molar-refractivity contribution in [2.24, 2.45) is 0 Å². The Morgan fingerprint density at radius 3 is 2.70 bits per heavy atom. The number of anilines is 1. The zero-order chi connectivity index (χ0) is 20.5. The van der Waals surface area contributed by atoms with Crippen LogP contribution in [0.15, 0.2) is 61.1 Å². The number of hydrogen-bond donors (Lipinski definition) is 2. The SMILES string of the molecule is Nc1ncnc2c1c(-c1ccc(Oc3ccccc3)cc1F)cn2C1CCCNC1. The molecule has 152 valence electrons. The smallest absolute Gasteiger partial charge is 0.146 e. The summed E-state index contributed by atoms with van der Waals surface area (Å²) in [6.07, 6.45) is 5.53. The molecule has 1 saturated heterocycles. The van der Waals surface area contributed by atoms with Crippen molar-refractivity contribution in [1.82, 2.24) is 19.9 Å². The Labute approximate surface area is 173 Å². The van der Waals surface area contributed by atoms with Crippen LogP contribution in [0.25, 0.3) is 22.2 Å². The van der Waals surface area contributed by atoms with Crippen LogP contribution in [0.3, 0.4) is 0 Å². The number of ether oxygens (including phenoxy) is 1. The number of benzene rings is 2. The van der Waals surface area contributed by atoms with Gasteiger partial charge in [0.1, 0.15) is 35.1 Å². The molecule has 0 aliphatic carbocycles. The highest BCUT2D eigenvalue weighted by molar-refractivity contribution is 6.00. The molecule has 1 aliphatic rings. The van der Waals surface area contributed by atoms with E-state index in [4.69, 9.17) is 10.5 Å². The first-order chi connectivity index (χ1) is 14.7. The number of nitrogens with one attached hydrogen (secondary N) is 1. The van der Waals surface area contributed by atoms with Crippen LogP contribution in [0.2, 0.25) is 0 Å². The maximum atomic E-state index is 15.2. The number of fused-ring (bicyclic) bond motifs is 1. The minimum atomic E-state index is -0.382. The van der Waals surface area contributed by atoms with Crippen LogP contribution in [-0.4, -0.2) is 27.6 Å². The Morgan fingerprint density at radius 1 is 1.07 bits per heavy atom. The van der Waals surface area contributed by atoms with Gasteiger partial charge in [-0.3, -0.25) is 0 Å². The molecule has 3 N–H and O–H groups in total. The van der Waals surface area contributed by atoms with Crippen LogP contribution in [0, 0.1) is 5.82 Å². The first-order valence-electron chi connectivity index (χ1n) is 10.1. The summed E-state index contributed by atoms with van der Waals surface area (Å²) >= 11 is 0. The molecule has 5 rings (SSSR count). The second-order valence-corrected chi connectivity index (χ2v) is 7.46. The molecule has 1 fully saturated rings. The number of nitrogens with two attached hydrogens (primary N) is 1. The first-order valence-corrected chi connectivity index (χ1v) is 10.1. The van der Waals surface area contributed by atoms with Crippen molar-refractivity contribution >= 4 is 16.9 Å². The van der Waals surface area contributed by atoms with Crippen LogP contribution in [0.1, 0.15) is 18.9 Å². The van der Waals surface area contributed by atoms with Gasteiger partial charge >= 0.3 is 0 Å². The van der Waals surface area contributed by atoms with Gasteiger partial charge in [-0.05, 0) is 43.7 Å². The van der Waals surface area contributed by atoms with Gasteiger partial charge in [0, 0.05) is 36.0 Å². The first kappa shape index (κ1) is 18.6. The number of hydrogen-bond acceptors (Lipinski definition) is 5. The quantitative estimate of drug-likeness (QED) is 0.523. The Bertz CT molecular complexity index is 1190. The summed E-state index contributed by atoms with van der Waals surface area (Å²) in [5.74, 6) is 1.06. The number of halogens is 1. The van der Waals surface area contributed by atoms with E-state index in [1.54, 1.807) is 12.1 Å². The highest BCUT2D eigenvalue weighted by Gasteiger charge is 2.23. The summed E-state index contributed by atoms with van der Waals surface area (Å²) in [5, 5.41) is 4.10. The Hall–Kier alpha value is -3.45. The Morgan fingerprint density at radius 2 is 1.93 bits per heavy atom. The van der Waals surface area contributed by atoms with Crippen molar-refractivity contribution < 1.29 is 9.13 Å². The van der Waals surface area contributed by atoms with Gasteiger partial charge in [-0.1, -0.05) is 18.2 Å². The maximum Gasteiger partial charge on any atom is 0.146 e. The van der Waals surface area contributed by atoms with Crippen molar-refractivity contribution in [3.8, 4) is 22.6 Å². The molecule has 0 spiro atoms. The largest absolute Gasteiger partial charge is 0.457 e. The molecule has 2 aromatic heterocycles. The van der Waals surface area contributed by atoms with Crippen molar-refractivity contribution in [3.05, 3.63) is 66.9 Å². The van der Waals surface area contributed by atoms with Gasteiger partial charge in [-0.2, -0.15) is 0 Å². The fourth-order valence-corrected chi connectivity index (χ4v) is 4.06. The van der Waals surface area contributed by atoms with Crippen LogP contribution in [-0.2, 0) is 0 Å². The molecule has 1 atom stereocenters. The van der Waals surface area contributed by atoms with Gasteiger partial charge < -0.3 is 20.4 Å². The lowest BCUT2D eigenvalue weighted by Gasteiger charge is -2.24. The van der Waals surface area contributed by atoms with Gasteiger partial charge in [0.2, 0.25) is 0 Å². The maximum absolute atomic E-state index is 15.2. The van der Waals surface area contributed by atoms with E-state index < -0.39 is 0 Å². The lowest BCUT2D eigenvalue weighted by molar-refractivity contribution is 0.378. The Balaban J connectivity index is 1.57. The van der Waals surface area contributed by atoms with E-state index in [-0.39, 0.29) is 11.9 Å². The monoisotopic (exact) mass is 403 g/mol. The lowest BCUT2D eigenvalue weighted by Crippen LogP contribution is -2.31. The molecule has 3 heterocycles. The number of rotatable bonds is 4. The predicted octanol–water partition coefficient (Wildman–Crippen LogP) is 4.54. The minimum absolute atomic E-state index is 0.244. The highest BCUT2D eigenvalue weighted by atomic mass is 19.1. The molecule has 1 aliphatic heterocycles. The fraction of sp³-hybridized carbons (Fsp3) is 0.217. The van der Waals surface area contributed by atoms with Gasteiger partial charge in [0.05, 0.1) is 5.39 Å².